The summed E-state index contributed by atoms with van der Waals surface area (Å²) in [5.41, 5.74) is 1.43. The fraction of sp³-hybridized carbons (Fsp3) is 0.647. The van der Waals surface area contributed by atoms with Crippen molar-refractivity contribution in [3.05, 3.63) is 35.9 Å². The maximum atomic E-state index is 2.63. The highest BCUT2D eigenvalue weighted by Gasteiger charge is 2.14. The Bertz CT molecular complexity index is 342. The van der Waals surface area contributed by atoms with Gasteiger partial charge in [-0.2, -0.15) is 0 Å². The summed E-state index contributed by atoms with van der Waals surface area (Å²) in [5.74, 6) is 0. The maximum absolute atomic E-state index is 2.63. The van der Waals surface area contributed by atoms with Crippen LogP contribution in [0.1, 0.15) is 38.7 Å². The van der Waals surface area contributed by atoms with Gasteiger partial charge in [-0.25, -0.2) is 0 Å². The Morgan fingerprint density at radius 3 is 2.37 bits per heavy atom. The van der Waals surface area contributed by atoms with E-state index in [1.165, 1.54) is 51.0 Å². The quantitative estimate of drug-likeness (QED) is 0.773. The van der Waals surface area contributed by atoms with Gasteiger partial charge in [0, 0.05) is 25.7 Å². The molecular formula is C17H28N2. The lowest BCUT2D eigenvalue weighted by Gasteiger charge is -2.32. The van der Waals surface area contributed by atoms with Crippen LogP contribution in [0.25, 0.3) is 0 Å². The SMILES string of the molecule is CC(C)N(CCN1CCCCC1)Cc1ccccc1. The Labute approximate surface area is 118 Å². The number of benzene rings is 1. The van der Waals surface area contributed by atoms with Gasteiger partial charge in [-0.1, -0.05) is 36.8 Å². The van der Waals surface area contributed by atoms with E-state index in [9.17, 15) is 0 Å². The highest BCUT2D eigenvalue weighted by Crippen LogP contribution is 2.11. The summed E-state index contributed by atoms with van der Waals surface area (Å²) >= 11 is 0. The number of nitrogens with zero attached hydrogens (tertiary/aromatic N) is 2. The van der Waals surface area contributed by atoms with Crippen LogP contribution >= 0.6 is 0 Å². The molecule has 0 radical (unpaired) electrons. The normalized spacial score (nSPS) is 17.3. The number of piperidine rings is 1. The van der Waals surface area contributed by atoms with E-state index in [0.717, 1.165) is 6.54 Å². The molecule has 1 saturated heterocycles. The van der Waals surface area contributed by atoms with Crippen LogP contribution in [-0.2, 0) is 6.54 Å². The van der Waals surface area contributed by atoms with E-state index in [2.05, 4.69) is 54.0 Å². The van der Waals surface area contributed by atoms with Gasteiger partial charge >= 0.3 is 0 Å². The highest BCUT2D eigenvalue weighted by atomic mass is 15.2. The minimum absolute atomic E-state index is 0.616. The molecule has 106 valence electrons. The van der Waals surface area contributed by atoms with E-state index in [4.69, 9.17) is 0 Å². The molecule has 19 heavy (non-hydrogen) atoms. The van der Waals surface area contributed by atoms with Crippen LogP contribution in [0.3, 0.4) is 0 Å². The van der Waals surface area contributed by atoms with E-state index >= 15 is 0 Å². The monoisotopic (exact) mass is 260 g/mol. The fourth-order valence-electron chi connectivity index (χ4n) is 2.79. The van der Waals surface area contributed by atoms with Gasteiger partial charge in [-0.15, -0.1) is 0 Å². The van der Waals surface area contributed by atoms with Crippen LogP contribution < -0.4 is 0 Å². The van der Waals surface area contributed by atoms with E-state index in [-0.39, 0.29) is 0 Å². The van der Waals surface area contributed by atoms with E-state index < -0.39 is 0 Å². The number of hydrogen-bond donors (Lipinski definition) is 0. The molecule has 1 aliphatic rings. The lowest BCUT2D eigenvalue weighted by Crippen LogP contribution is -2.40. The molecule has 1 heterocycles. The number of rotatable bonds is 6. The predicted octanol–water partition coefficient (Wildman–Crippen LogP) is 3.38. The van der Waals surface area contributed by atoms with Gasteiger partial charge in [0.1, 0.15) is 0 Å². The summed E-state index contributed by atoms with van der Waals surface area (Å²) in [6.07, 6.45) is 4.20. The summed E-state index contributed by atoms with van der Waals surface area (Å²) in [6, 6.07) is 11.4. The van der Waals surface area contributed by atoms with E-state index in [1.807, 2.05) is 0 Å². The zero-order chi connectivity index (χ0) is 13.5. The molecule has 0 N–H and O–H groups in total. The summed E-state index contributed by atoms with van der Waals surface area (Å²) < 4.78 is 0. The molecule has 0 atom stereocenters. The molecule has 2 rings (SSSR count). The Morgan fingerprint density at radius 1 is 1.05 bits per heavy atom. The number of likely N-dealkylation sites (tertiary alicyclic amines) is 1. The second kappa shape index (κ2) is 7.66. The first-order chi connectivity index (χ1) is 9.25. The Balaban J connectivity index is 1.82. The van der Waals surface area contributed by atoms with Gasteiger partial charge in [-0.3, -0.25) is 4.90 Å². The molecule has 2 nitrogen and oxygen atoms in total. The van der Waals surface area contributed by atoms with Gasteiger partial charge in [0.2, 0.25) is 0 Å². The van der Waals surface area contributed by atoms with E-state index in [0.29, 0.717) is 6.04 Å². The van der Waals surface area contributed by atoms with Crippen molar-refractivity contribution in [3.63, 3.8) is 0 Å². The Morgan fingerprint density at radius 2 is 1.74 bits per heavy atom. The standard InChI is InChI=1S/C17H28N2/c1-16(2)19(15-17-9-5-3-6-10-17)14-13-18-11-7-4-8-12-18/h3,5-6,9-10,16H,4,7-8,11-15H2,1-2H3. The minimum Gasteiger partial charge on any atom is -0.302 e. The van der Waals surface area contributed by atoms with Crippen LogP contribution in [0.2, 0.25) is 0 Å². The van der Waals surface area contributed by atoms with Crippen LogP contribution in [0.5, 0.6) is 0 Å². The molecule has 1 aromatic rings. The van der Waals surface area contributed by atoms with Gasteiger partial charge in [0.15, 0.2) is 0 Å². The van der Waals surface area contributed by atoms with Crippen LogP contribution in [-0.4, -0.2) is 42.0 Å². The van der Waals surface area contributed by atoms with Crippen molar-refractivity contribution in [3.8, 4) is 0 Å². The Hall–Kier alpha value is -0.860. The molecule has 1 aromatic carbocycles. The molecule has 0 unspecified atom stereocenters. The van der Waals surface area contributed by atoms with Crippen molar-refractivity contribution in [1.82, 2.24) is 9.80 Å². The predicted molar refractivity (Wildman–Crippen MR) is 82.3 cm³/mol. The first-order valence-corrected chi connectivity index (χ1v) is 7.76. The van der Waals surface area contributed by atoms with Crippen molar-refractivity contribution < 1.29 is 0 Å². The third-order valence-electron chi connectivity index (χ3n) is 4.11. The van der Waals surface area contributed by atoms with Crippen molar-refractivity contribution in [1.29, 1.82) is 0 Å². The van der Waals surface area contributed by atoms with Gasteiger partial charge in [0.25, 0.3) is 0 Å². The molecule has 1 fully saturated rings. The summed E-state index contributed by atoms with van der Waals surface area (Å²) in [7, 11) is 0. The summed E-state index contributed by atoms with van der Waals surface area (Å²) in [4.78, 5) is 5.22. The van der Waals surface area contributed by atoms with Crippen LogP contribution in [0, 0.1) is 0 Å². The average Bonchev–Trinajstić information content (AvgIpc) is 2.45. The molecule has 0 amide bonds. The van der Waals surface area contributed by atoms with Gasteiger partial charge < -0.3 is 4.90 Å². The smallest absolute Gasteiger partial charge is 0.0236 e. The van der Waals surface area contributed by atoms with Gasteiger partial charge in [-0.05, 0) is 45.3 Å². The minimum atomic E-state index is 0.616. The molecule has 2 heteroatoms. The second-order valence-corrected chi connectivity index (χ2v) is 5.95. The van der Waals surface area contributed by atoms with Crippen LogP contribution in [0.4, 0.5) is 0 Å². The number of hydrogen-bond acceptors (Lipinski definition) is 2. The molecule has 0 saturated carbocycles. The van der Waals surface area contributed by atoms with Gasteiger partial charge in [0.05, 0.1) is 0 Å². The highest BCUT2D eigenvalue weighted by molar-refractivity contribution is 5.14. The van der Waals surface area contributed by atoms with E-state index in [1.54, 1.807) is 0 Å². The van der Waals surface area contributed by atoms with Crippen molar-refractivity contribution in [2.75, 3.05) is 26.2 Å². The molecule has 0 aliphatic carbocycles. The topological polar surface area (TPSA) is 6.48 Å². The fourth-order valence-corrected chi connectivity index (χ4v) is 2.79. The zero-order valence-corrected chi connectivity index (χ0v) is 12.5. The molecular weight excluding hydrogens is 232 g/mol. The lowest BCUT2D eigenvalue weighted by molar-refractivity contribution is 0.155. The van der Waals surface area contributed by atoms with Crippen LogP contribution in [0.15, 0.2) is 30.3 Å². The first-order valence-electron chi connectivity index (χ1n) is 7.76. The molecule has 1 aliphatic heterocycles. The van der Waals surface area contributed by atoms with Crippen molar-refractivity contribution in [2.24, 2.45) is 0 Å². The summed E-state index contributed by atoms with van der Waals surface area (Å²) in [5, 5.41) is 0. The second-order valence-electron chi connectivity index (χ2n) is 5.95. The third kappa shape index (κ3) is 4.96. The van der Waals surface area contributed by atoms with Crippen molar-refractivity contribution >= 4 is 0 Å². The molecule has 0 aromatic heterocycles. The van der Waals surface area contributed by atoms with Crippen molar-refractivity contribution in [2.45, 2.75) is 45.7 Å². The summed E-state index contributed by atoms with van der Waals surface area (Å²) in [6.45, 7) is 10.7. The largest absolute Gasteiger partial charge is 0.302 e. The Kier molecular flexibility index (Phi) is 5.87. The molecule has 0 bridgehead atoms. The first kappa shape index (κ1) is 14.5. The molecule has 0 spiro atoms. The third-order valence-corrected chi connectivity index (χ3v) is 4.11. The average molecular weight is 260 g/mol. The maximum Gasteiger partial charge on any atom is 0.0236 e. The lowest BCUT2D eigenvalue weighted by atomic mass is 10.1. The zero-order valence-electron chi connectivity index (χ0n) is 12.5.